The van der Waals surface area contributed by atoms with Crippen LogP contribution in [0, 0.1) is 0 Å². The Morgan fingerprint density at radius 2 is 0.819 bits per heavy atom. The van der Waals surface area contributed by atoms with Crippen LogP contribution in [0.3, 0.4) is 0 Å². The van der Waals surface area contributed by atoms with Gasteiger partial charge in [0.15, 0.2) is 0 Å². The van der Waals surface area contributed by atoms with Crippen molar-refractivity contribution in [2.75, 3.05) is 313 Å². The molecule has 47 nitrogen and oxygen atoms in total. The van der Waals surface area contributed by atoms with Gasteiger partial charge in [0.25, 0.3) is 0 Å². The second-order valence-electron chi connectivity index (χ2n) is 37.7. The molecule has 149 heavy (non-hydrogen) atoms. The van der Waals surface area contributed by atoms with E-state index in [1.165, 1.54) is 68.6 Å². The number of nitrogens with one attached hydrogen (secondary N) is 4. The third kappa shape index (κ3) is 113. The van der Waals surface area contributed by atoms with Gasteiger partial charge in [0, 0.05) is 212 Å². The molecule has 0 aliphatic carbocycles. The van der Waals surface area contributed by atoms with E-state index in [4.69, 9.17) is 34.2 Å². The number of likely N-dealkylation sites (N-methyl/N-ethyl adjacent to an activating group) is 4. The number of hydrogen-bond acceptors (Lipinski definition) is 35. The smallest absolute Gasteiger partial charge is 0.226 e. The molecule has 0 aromatic heterocycles. The minimum atomic E-state index is -3.04. The number of piperidine rings is 1. The molecule has 1 amide bonds. The second-order valence-corrected chi connectivity index (χ2v) is 56.7. The molecule has 8 heterocycles. The molecule has 5 atom stereocenters. The fourth-order valence-electron chi connectivity index (χ4n) is 11.9. The van der Waals surface area contributed by atoms with Gasteiger partial charge in [-0.1, -0.05) is 104 Å². The first-order chi connectivity index (χ1) is 65.2. The third-order valence-electron chi connectivity index (χ3n) is 20.4. The maximum Gasteiger partial charge on any atom is 0.226 e. The summed E-state index contributed by atoms with van der Waals surface area (Å²) in [4.78, 5) is 23.5. The average Bonchev–Trinajstić information content (AvgIpc) is 1.65. The Morgan fingerprint density at radius 1 is 0.450 bits per heavy atom. The Bertz CT molecular complexity index is 3270. The number of carbonyl (C=O) groups is 1. The van der Waals surface area contributed by atoms with Crippen molar-refractivity contribution in [3.63, 3.8) is 0 Å². The Morgan fingerprint density at radius 3 is 1.12 bits per heavy atom. The fraction of sp³-hybridized carbons (Fsp3) is 0.989. The molecule has 0 aromatic carbocycles. The molecule has 24 N–H and O–H groups in total. The van der Waals surface area contributed by atoms with Crippen LogP contribution < -0.4 is 25.8 Å². The number of amides is 1. The Kier molecular flexibility index (Phi) is 138. The summed E-state index contributed by atoms with van der Waals surface area (Å²) in [5.74, 6) is 0.0173. The molecule has 8 fully saturated rings. The van der Waals surface area contributed by atoms with E-state index in [1.54, 1.807) is 68.3 Å². The van der Waals surface area contributed by atoms with E-state index in [0.29, 0.717) is 120 Å². The number of nitrogens with two attached hydrogens (primary N) is 1. The Balaban J connectivity index is -0.000000100. The first kappa shape index (κ1) is 182. The highest BCUT2D eigenvalue weighted by atomic mass is 32.2. The molecule has 5 unspecified atom stereocenters. The molecule has 8 saturated heterocycles. The number of nitrogens with zero attached hydrogens (tertiary/aromatic N) is 13. The van der Waals surface area contributed by atoms with Gasteiger partial charge in [-0.25, -0.2) is 51.4 Å². The third-order valence-corrected chi connectivity index (χ3v) is 34.7. The predicted octanol–water partition coefficient (Wildman–Crippen LogP) is 0.0716. The predicted molar refractivity (Wildman–Crippen MR) is 629 cm³/mol. The summed E-state index contributed by atoms with van der Waals surface area (Å²) >= 11 is 1.15. The zero-order valence-corrected chi connectivity index (χ0v) is 107. The molecule has 0 saturated carbocycles. The van der Waals surface area contributed by atoms with E-state index in [1.807, 2.05) is 119 Å². The standard InChI is InChI=1S/C10H22N2S.C9H20N2O2S.C9H20N2OS.C9H22N2S.C8H18N2O2S.C7H17NO4S.C7H15NO2S.C7H17NO2.C5H12N2O2S.C5H11NOS.2C4H9NO.C4H10S.C3H8O2S.9H2O/c1-9(2)13-12(4)10-5-7-11(3)8-6-10;1-8(2)14(12,13)11-6-5-9(7-11)10(3)4;1-9(2)13(12)11-6-4-5-10(3)7-8-11;1-9(2)12-11(5)8-6-7-10(3)4;1-8(2)13(11,12)10-6-4-9(3)5-7-10;1-7(2)12-6-5-11-4-3-8-13(9)10;1-7(2)11(9,10)8-5-3-4-6-8;1-7(2)10-6-5-9-4-3-8;1-6-2-4-7(5-3-6)10(8)9;1-4(2)8-6-5(3)7;2*1-3-6-4-2-5-1;1-4(2)5-3;1-3(2)6(4)5;;;;;;;;;/h9-10H,5-8H2,1-4H3;8-9H,5-7H2,1-4H3;9H,4-8H2,1-3H3;9H,6-8H2,1-5H3;8H,4-7H2,1-3H3;7-8H,3-6H2,1-2H3,(H,9,10);7H,3-6H2,1-2H3;7H,3-6,8H2,1-2H3;2-5H2,1H3,(H,8,9);4H,1-3H3,(H,6,7);2*5H,1-4H2;4H,1-3H3;3H,1-2H3,(H,4,5);9*1H2/p-3. The van der Waals surface area contributed by atoms with Crippen LogP contribution in [-0.4, -0.2) is 555 Å². The summed E-state index contributed by atoms with van der Waals surface area (Å²) < 4.78 is 190. The second kappa shape index (κ2) is 113. The molecular formula is C91H225N18O29S11-3. The first-order valence-corrected chi connectivity index (χ1v) is 62.8. The zero-order valence-electron chi connectivity index (χ0n) is 98.0. The highest BCUT2D eigenvalue weighted by molar-refractivity contribution is 7.99. The monoisotopic (exact) mass is 2390 g/mol. The van der Waals surface area contributed by atoms with Crippen LogP contribution >= 0.6 is 47.6 Å². The highest BCUT2D eigenvalue weighted by Crippen LogP contribution is 2.25. The minimum absolute atomic E-state index is 0. The summed E-state index contributed by atoms with van der Waals surface area (Å²) in [6.45, 7) is 74.0. The number of thioether (sulfide) groups is 1. The van der Waals surface area contributed by atoms with Crippen LogP contribution in [0.1, 0.15) is 204 Å². The summed E-state index contributed by atoms with van der Waals surface area (Å²) in [7, 11) is 11.2. The summed E-state index contributed by atoms with van der Waals surface area (Å²) in [5, 5.41) is 8.17. The number of piperazine rings is 2. The van der Waals surface area contributed by atoms with Crippen molar-refractivity contribution in [3.8, 4) is 0 Å². The largest absolute Gasteiger partial charge is 0.772 e. The summed E-state index contributed by atoms with van der Waals surface area (Å²) in [5.41, 5.74) is 5.20. The molecule has 58 heteroatoms. The number of likely N-dealkylation sites (tertiary alicyclic amines) is 1. The lowest BCUT2D eigenvalue weighted by Gasteiger charge is -2.35. The zero-order chi connectivity index (χ0) is 109. The van der Waals surface area contributed by atoms with Gasteiger partial charge >= 0.3 is 0 Å². The van der Waals surface area contributed by atoms with Crippen molar-refractivity contribution in [1.82, 2.24) is 79.6 Å². The molecule has 8 rings (SSSR count). The van der Waals surface area contributed by atoms with E-state index in [0.717, 1.165) is 155 Å². The van der Waals surface area contributed by atoms with Gasteiger partial charge in [-0.2, -0.15) is 16.1 Å². The lowest BCUT2D eigenvalue weighted by molar-refractivity contribution is -0.117. The molecular weight excluding hydrogens is 2160 g/mol. The van der Waals surface area contributed by atoms with E-state index in [-0.39, 0.29) is 87.5 Å². The maximum absolute atomic E-state index is 11.8. The van der Waals surface area contributed by atoms with Crippen LogP contribution in [-0.2, 0) is 108 Å². The van der Waals surface area contributed by atoms with Crippen LogP contribution in [0.25, 0.3) is 0 Å². The van der Waals surface area contributed by atoms with E-state index < -0.39 is 74.7 Å². The summed E-state index contributed by atoms with van der Waals surface area (Å²) in [6, 6.07) is 1.17. The number of sulfonamides is 3. The van der Waals surface area contributed by atoms with E-state index in [2.05, 4.69) is 152 Å². The SMILES string of the molecule is C1COCCN1.C1COCCN1.CC(=O)NSC(C)C.CC(C)OCCOCCN.CC(C)OCCOCCNS(=O)[O-].CC(C)S(=O)(=O)N1CCC(N(C)C)C1.CC(C)S(=O)(=O)N1CCCC1.CC(C)S(=O)(=O)N1CCN(C)CC1.CC(C)S(=O)N1CCCN(C)CC1.CC(C)S(=O)[O-].CC(C)SN(C)C1CCN(C)CC1.CC(C)SN(C)CCCN(C)C.CN1CCN(S(=O)[O-])CC1.CSC(C)C.O.O.O.O.O.O.O.O.O. The van der Waals surface area contributed by atoms with Crippen molar-refractivity contribution < 1.29 is 138 Å². The lowest BCUT2D eigenvalue weighted by atomic mass is 10.1. The quantitative estimate of drug-likeness (QED) is 0.0312. The van der Waals surface area contributed by atoms with Crippen LogP contribution in [0.5, 0.6) is 0 Å². The van der Waals surface area contributed by atoms with Gasteiger partial charge in [0.2, 0.25) is 36.0 Å². The molecule has 0 bridgehead atoms. The van der Waals surface area contributed by atoms with Crippen LogP contribution in [0.2, 0.25) is 0 Å². The van der Waals surface area contributed by atoms with Gasteiger partial charge in [-0.15, -0.1) is 0 Å². The lowest BCUT2D eigenvalue weighted by Crippen LogP contribution is -2.49. The van der Waals surface area contributed by atoms with Crippen molar-refractivity contribution in [2.24, 2.45) is 5.73 Å². The van der Waals surface area contributed by atoms with Gasteiger partial charge in [-0.3, -0.25) is 26.0 Å². The molecule has 8 aliphatic heterocycles. The van der Waals surface area contributed by atoms with Crippen LogP contribution in [0.4, 0.5) is 0 Å². The Labute approximate surface area is 933 Å². The average molecular weight is 2390 g/mol. The van der Waals surface area contributed by atoms with Crippen molar-refractivity contribution in [2.45, 2.75) is 276 Å². The molecule has 8 aliphatic rings. The Hall–Kier alpha value is -0.0800. The van der Waals surface area contributed by atoms with Gasteiger partial charge in [-0.05, 0) is 248 Å². The molecule has 0 radical (unpaired) electrons. The normalized spacial score (nSPS) is 18.0. The molecule has 922 valence electrons. The van der Waals surface area contributed by atoms with E-state index >= 15 is 0 Å². The first-order valence-electron chi connectivity index (χ1n) is 50.0. The topological polar surface area (TPSA) is 712 Å². The molecule has 0 aromatic rings. The minimum Gasteiger partial charge on any atom is -0.772 e. The van der Waals surface area contributed by atoms with Gasteiger partial charge in [0.05, 0.1) is 105 Å². The number of rotatable bonds is 37. The highest BCUT2D eigenvalue weighted by Gasteiger charge is 2.35. The van der Waals surface area contributed by atoms with Gasteiger partial charge < -0.3 is 142 Å². The number of ether oxygens (including phenoxy) is 6. The molecule has 0 spiro atoms. The van der Waals surface area contributed by atoms with E-state index in [9.17, 15) is 60.5 Å². The maximum atomic E-state index is 11.8. The van der Waals surface area contributed by atoms with Crippen molar-refractivity contribution in [1.29, 1.82) is 0 Å². The number of hydrogen-bond donors (Lipinski definition) is 5. The fourth-order valence-corrected chi connectivity index (χ4v) is 20.1. The summed E-state index contributed by atoms with van der Waals surface area (Å²) in [6.07, 6.45) is 10.6. The van der Waals surface area contributed by atoms with Crippen molar-refractivity contribution in [3.05, 3.63) is 0 Å². The number of morpholine rings is 2. The van der Waals surface area contributed by atoms with Gasteiger partial charge in [0.1, 0.15) is 0 Å². The number of carbonyl (C=O) groups excluding carboxylic acids is 1. The van der Waals surface area contributed by atoms with Crippen molar-refractivity contribution >= 4 is 128 Å². The van der Waals surface area contributed by atoms with Crippen LogP contribution in [0.15, 0.2) is 0 Å².